The number of anilines is 1. The summed E-state index contributed by atoms with van der Waals surface area (Å²) in [5, 5.41) is 6.85. The van der Waals surface area contributed by atoms with Gasteiger partial charge in [0.15, 0.2) is 0 Å². The Morgan fingerprint density at radius 2 is 1.78 bits per heavy atom. The van der Waals surface area contributed by atoms with Crippen LogP contribution in [0.5, 0.6) is 0 Å². The number of aromatic nitrogens is 1. The van der Waals surface area contributed by atoms with Gasteiger partial charge in [0.1, 0.15) is 5.82 Å². The molecule has 0 bridgehead atoms. The Bertz CT molecular complexity index is 1440. The Hall–Kier alpha value is -2.85. The number of benzene rings is 2. The number of amides is 1. The van der Waals surface area contributed by atoms with Gasteiger partial charge in [-0.1, -0.05) is 62.7 Å². The lowest BCUT2D eigenvalue weighted by molar-refractivity contribution is -0.120. The van der Waals surface area contributed by atoms with E-state index in [1.54, 1.807) is 30.3 Å². The third-order valence-corrected chi connectivity index (χ3v) is 10.2. The summed E-state index contributed by atoms with van der Waals surface area (Å²) < 4.78 is 43.8. The third kappa shape index (κ3) is 7.15. The number of piperazine rings is 1. The van der Waals surface area contributed by atoms with Gasteiger partial charge >= 0.3 is 0 Å². The summed E-state index contributed by atoms with van der Waals surface area (Å²) in [6.07, 6.45) is 3.17. The lowest BCUT2D eigenvalue weighted by Gasteiger charge is -2.40. The van der Waals surface area contributed by atoms with Crippen LogP contribution in [0.25, 0.3) is 0 Å². The highest BCUT2D eigenvalue weighted by molar-refractivity contribution is 7.89. The number of nitrogens with one attached hydrogen (secondary N) is 2. The fraction of sp³-hybridized carbons (Fsp3) is 0.419. The van der Waals surface area contributed by atoms with Gasteiger partial charge in [0.2, 0.25) is 15.9 Å². The quantitative estimate of drug-likeness (QED) is 0.304. The standard InChI is InChI=1S/C31H38ClFN4O3S/c1-20(2)30(23-10-12-24(32)13-11-23)22(4)31(38)36-29-19-35-18-28(33)27(29)15-14-25-17-34-16-21(3)37(25)41(39,40)26-8-6-5-7-9-26/h5-13,18-22,25,30,34H,14-17H2,1-4H3,(H,36,38)/t21-,22+,25+,30+/m1/s1. The van der Waals surface area contributed by atoms with Crippen LogP contribution in [0.15, 0.2) is 71.9 Å². The summed E-state index contributed by atoms with van der Waals surface area (Å²) in [5.41, 5.74) is 1.61. The van der Waals surface area contributed by atoms with Crippen molar-refractivity contribution in [2.45, 2.75) is 63.4 Å². The van der Waals surface area contributed by atoms with Crippen molar-refractivity contribution in [1.82, 2.24) is 14.6 Å². The van der Waals surface area contributed by atoms with Gasteiger partial charge < -0.3 is 10.6 Å². The maximum absolute atomic E-state index is 15.1. The first-order chi connectivity index (χ1) is 19.5. The first kappa shape index (κ1) is 31.1. The van der Waals surface area contributed by atoms with Gasteiger partial charge in [-0.05, 0) is 61.4 Å². The second kappa shape index (κ2) is 13.4. The molecule has 2 heterocycles. The Balaban J connectivity index is 1.54. The van der Waals surface area contributed by atoms with Crippen molar-refractivity contribution in [2.24, 2.45) is 11.8 Å². The number of nitrogens with zero attached hydrogens (tertiary/aromatic N) is 2. The first-order valence-electron chi connectivity index (χ1n) is 14.0. The van der Waals surface area contributed by atoms with Crippen LogP contribution in [0.2, 0.25) is 5.02 Å². The zero-order valence-corrected chi connectivity index (χ0v) is 25.4. The second-order valence-corrected chi connectivity index (χ2v) is 13.4. The van der Waals surface area contributed by atoms with Gasteiger partial charge in [0, 0.05) is 41.7 Å². The summed E-state index contributed by atoms with van der Waals surface area (Å²) >= 11 is 6.07. The van der Waals surface area contributed by atoms with E-state index in [4.69, 9.17) is 11.6 Å². The molecule has 1 aromatic heterocycles. The van der Waals surface area contributed by atoms with Crippen molar-refractivity contribution in [3.8, 4) is 0 Å². The van der Waals surface area contributed by atoms with E-state index < -0.39 is 27.8 Å². The minimum atomic E-state index is -3.75. The number of pyridine rings is 1. The maximum atomic E-state index is 15.1. The van der Waals surface area contributed by atoms with E-state index in [2.05, 4.69) is 29.5 Å². The minimum absolute atomic E-state index is 0.0798. The number of hydrogen-bond donors (Lipinski definition) is 2. The van der Waals surface area contributed by atoms with E-state index in [0.29, 0.717) is 35.8 Å². The highest BCUT2D eigenvalue weighted by Crippen LogP contribution is 2.34. The second-order valence-electron chi connectivity index (χ2n) is 11.1. The summed E-state index contributed by atoms with van der Waals surface area (Å²) in [4.78, 5) is 17.7. The fourth-order valence-electron chi connectivity index (χ4n) is 5.86. The number of sulfonamides is 1. The molecule has 2 aromatic carbocycles. The number of rotatable bonds is 10. The van der Waals surface area contributed by atoms with E-state index in [0.717, 1.165) is 11.8 Å². The lowest BCUT2D eigenvalue weighted by atomic mass is 9.78. The van der Waals surface area contributed by atoms with Crippen molar-refractivity contribution in [3.63, 3.8) is 0 Å². The molecule has 3 aromatic rings. The molecule has 1 fully saturated rings. The molecule has 0 radical (unpaired) electrons. The van der Waals surface area contributed by atoms with Crippen LogP contribution in [-0.4, -0.2) is 48.8 Å². The van der Waals surface area contributed by atoms with Crippen molar-refractivity contribution >= 4 is 33.2 Å². The monoisotopic (exact) mass is 600 g/mol. The zero-order valence-electron chi connectivity index (χ0n) is 23.8. The van der Waals surface area contributed by atoms with E-state index in [1.807, 2.05) is 38.1 Å². The van der Waals surface area contributed by atoms with Crippen LogP contribution in [0, 0.1) is 17.7 Å². The van der Waals surface area contributed by atoms with E-state index in [9.17, 15) is 13.2 Å². The number of halogens is 2. The van der Waals surface area contributed by atoms with Crippen LogP contribution in [0.4, 0.5) is 10.1 Å². The Labute approximate surface area is 247 Å². The van der Waals surface area contributed by atoms with Crippen molar-refractivity contribution in [2.75, 3.05) is 18.4 Å². The summed E-state index contributed by atoms with van der Waals surface area (Å²) in [5.74, 6) is -1.11. The SMILES string of the molecule is CC(C)[C@H](c1ccc(Cl)cc1)[C@H](C)C(=O)Nc1cncc(F)c1CC[C@H]1CNC[C@@H](C)N1S(=O)(=O)c1ccccc1. The topological polar surface area (TPSA) is 91.4 Å². The molecule has 10 heteroatoms. The Kier molecular flexibility index (Phi) is 10.2. The number of carbonyl (C=O) groups is 1. The largest absolute Gasteiger partial charge is 0.324 e. The molecular weight excluding hydrogens is 563 g/mol. The number of hydrogen-bond acceptors (Lipinski definition) is 5. The molecule has 7 nitrogen and oxygen atoms in total. The van der Waals surface area contributed by atoms with Crippen LogP contribution in [-0.2, 0) is 21.2 Å². The van der Waals surface area contributed by atoms with E-state index >= 15 is 4.39 Å². The van der Waals surface area contributed by atoms with Crippen LogP contribution in [0.1, 0.15) is 51.2 Å². The molecule has 4 atom stereocenters. The van der Waals surface area contributed by atoms with Crippen molar-refractivity contribution < 1.29 is 17.6 Å². The summed E-state index contributed by atoms with van der Waals surface area (Å²) in [6, 6.07) is 15.2. The third-order valence-electron chi connectivity index (χ3n) is 7.85. The predicted octanol–water partition coefficient (Wildman–Crippen LogP) is 5.87. The van der Waals surface area contributed by atoms with E-state index in [1.165, 1.54) is 10.5 Å². The fourth-order valence-corrected chi connectivity index (χ4v) is 7.85. The molecule has 1 aliphatic heterocycles. The molecule has 0 spiro atoms. The Morgan fingerprint density at radius 3 is 2.44 bits per heavy atom. The van der Waals surface area contributed by atoms with Crippen LogP contribution >= 0.6 is 11.6 Å². The molecule has 4 rings (SSSR count). The average Bonchev–Trinajstić information content (AvgIpc) is 2.94. The van der Waals surface area contributed by atoms with Gasteiger partial charge in [-0.15, -0.1) is 0 Å². The number of carbonyl (C=O) groups excluding carboxylic acids is 1. The zero-order chi connectivity index (χ0) is 29.7. The Morgan fingerprint density at radius 1 is 1.10 bits per heavy atom. The average molecular weight is 601 g/mol. The minimum Gasteiger partial charge on any atom is -0.324 e. The lowest BCUT2D eigenvalue weighted by Crippen LogP contribution is -2.58. The van der Waals surface area contributed by atoms with Gasteiger partial charge in [-0.25, -0.2) is 12.8 Å². The normalized spacial score (nSPS) is 19.6. The summed E-state index contributed by atoms with van der Waals surface area (Å²) in [7, 11) is -3.75. The first-order valence-corrected chi connectivity index (χ1v) is 15.8. The summed E-state index contributed by atoms with van der Waals surface area (Å²) in [6.45, 7) is 8.82. The molecule has 220 valence electrons. The molecule has 0 saturated carbocycles. The van der Waals surface area contributed by atoms with Gasteiger partial charge in [0.05, 0.1) is 23.0 Å². The van der Waals surface area contributed by atoms with E-state index in [-0.39, 0.29) is 35.1 Å². The molecular formula is C31H38ClFN4O3S. The molecule has 1 aliphatic rings. The molecule has 1 amide bonds. The smallest absolute Gasteiger partial charge is 0.243 e. The van der Waals surface area contributed by atoms with Gasteiger partial charge in [-0.2, -0.15) is 4.31 Å². The molecule has 0 aliphatic carbocycles. The molecule has 41 heavy (non-hydrogen) atoms. The van der Waals surface area contributed by atoms with Crippen LogP contribution < -0.4 is 10.6 Å². The van der Waals surface area contributed by atoms with Gasteiger partial charge in [0.25, 0.3) is 0 Å². The molecule has 1 saturated heterocycles. The highest BCUT2D eigenvalue weighted by atomic mass is 35.5. The molecule has 2 N–H and O–H groups in total. The van der Waals surface area contributed by atoms with Crippen molar-refractivity contribution in [1.29, 1.82) is 0 Å². The highest BCUT2D eigenvalue weighted by Gasteiger charge is 2.38. The maximum Gasteiger partial charge on any atom is 0.243 e. The van der Waals surface area contributed by atoms with Crippen LogP contribution in [0.3, 0.4) is 0 Å². The predicted molar refractivity (Wildman–Crippen MR) is 161 cm³/mol. The van der Waals surface area contributed by atoms with Crippen molar-refractivity contribution in [3.05, 3.63) is 89.0 Å². The van der Waals surface area contributed by atoms with Gasteiger partial charge in [-0.3, -0.25) is 9.78 Å². The molecule has 0 unspecified atom stereocenters.